The molecule has 0 aromatic rings. The van der Waals surface area contributed by atoms with Crippen molar-refractivity contribution >= 4 is 29.5 Å². The van der Waals surface area contributed by atoms with E-state index in [4.69, 9.17) is 5.11 Å². The lowest BCUT2D eigenvalue weighted by Gasteiger charge is -2.28. The molecule has 0 spiro atoms. The second-order valence-electron chi connectivity index (χ2n) is 5.24. The Morgan fingerprint density at radius 1 is 1.26 bits per heavy atom. The monoisotopic (exact) mass is 356 g/mol. The topological polar surface area (TPSA) is 77.9 Å². The molecule has 0 radical (unpaired) electrons. The molecule has 0 aromatic carbocycles. The maximum Gasteiger partial charge on any atom is 0.442 e. The normalized spacial score (nSPS) is 19.1. The number of carboxylic acid groups (broad SMARTS) is 1. The predicted molar refractivity (Wildman–Crippen MR) is 77.8 cm³/mol. The molecule has 2 amide bonds. The highest BCUT2D eigenvalue weighted by Gasteiger charge is 2.32. The Morgan fingerprint density at radius 2 is 1.91 bits per heavy atom. The molecule has 1 aliphatic rings. The van der Waals surface area contributed by atoms with Crippen molar-refractivity contribution in [1.82, 2.24) is 9.80 Å². The Morgan fingerprint density at radius 3 is 2.43 bits per heavy atom. The fraction of sp³-hybridized carbons (Fsp3) is 0.769. The summed E-state index contributed by atoms with van der Waals surface area (Å²) >= 11 is -0.371. The molecule has 1 heterocycles. The summed E-state index contributed by atoms with van der Waals surface area (Å²) in [6, 6.07) is -0.323. The minimum absolute atomic E-state index is 0.214. The van der Waals surface area contributed by atoms with Crippen molar-refractivity contribution < 1.29 is 32.7 Å². The second-order valence-corrected chi connectivity index (χ2v) is 6.28. The Hall–Kier alpha value is -1.45. The van der Waals surface area contributed by atoms with E-state index in [9.17, 15) is 27.6 Å². The number of alkyl halides is 3. The van der Waals surface area contributed by atoms with Gasteiger partial charge in [-0.2, -0.15) is 13.2 Å². The van der Waals surface area contributed by atoms with Gasteiger partial charge in [-0.05, 0) is 31.0 Å². The van der Waals surface area contributed by atoms with Crippen molar-refractivity contribution in [1.29, 1.82) is 0 Å². The first-order valence-corrected chi connectivity index (χ1v) is 8.06. The van der Waals surface area contributed by atoms with E-state index in [1.165, 1.54) is 16.7 Å². The van der Waals surface area contributed by atoms with Crippen LogP contribution in [0.2, 0.25) is 0 Å². The van der Waals surface area contributed by atoms with Gasteiger partial charge in [-0.3, -0.25) is 14.4 Å². The molecule has 0 aromatic heterocycles. The minimum Gasteiger partial charge on any atom is -0.480 e. The first-order chi connectivity index (χ1) is 10.6. The van der Waals surface area contributed by atoms with Gasteiger partial charge in [0.2, 0.25) is 11.8 Å². The summed E-state index contributed by atoms with van der Waals surface area (Å²) in [7, 11) is 0. The average molecular weight is 356 g/mol. The molecule has 23 heavy (non-hydrogen) atoms. The number of carboxylic acids is 1. The lowest BCUT2D eigenvalue weighted by atomic mass is 10.1. The van der Waals surface area contributed by atoms with Crippen LogP contribution >= 0.6 is 11.8 Å². The molecule has 1 N–H and O–H groups in total. The standard InChI is InChI=1S/C13H19F3N2O4S/c1-9(19)18(7-12(21)22)10-3-2-5-17(6-4-10)11(20)8-23-13(14,15)16/h10H,2-8H2,1H3,(H,21,22). The highest BCUT2D eigenvalue weighted by Crippen LogP contribution is 2.30. The SMILES string of the molecule is CC(=O)N(CC(=O)O)C1CCCN(C(=O)CSC(F)(F)F)CC1. The fourth-order valence-corrected chi connectivity index (χ4v) is 2.99. The second kappa shape index (κ2) is 8.42. The Balaban J connectivity index is 2.59. The summed E-state index contributed by atoms with van der Waals surface area (Å²) in [6.45, 7) is 1.38. The smallest absolute Gasteiger partial charge is 0.442 e. The number of hydrogen-bond donors (Lipinski definition) is 1. The van der Waals surface area contributed by atoms with Crippen LogP contribution in [0.25, 0.3) is 0 Å². The van der Waals surface area contributed by atoms with E-state index in [0.29, 0.717) is 25.8 Å². The molecule has 0 saturated carbocycles. The van der Waals surface area contributed by atoms with Gasteiger partial charge >= 0.3 is 11.5 Å². The van der Waals surface area contributed by atoms with Gasteiger partial charge in [-0.1, -0.05) is 0 Å². The van der Waals surface area contributed by atoms with Gasteiger partial charge in [-0.15, -0.1) is 0 Å². The highest BCUT2D eigenvalue weighted by molar-refractivity contribution is 8.00. The third-order valence-electron chi connectivity index (χ3n) is 3.56. The summed E-state index contributed by atoms with van der Waals surface area (Å²) in [6.07, 6.45) is 1.38. The number of hydrogen-bond acceptors (Lipinski definition) is 4. The summed E-state index contributed by atoms with van der Waals surface area (Å²) in [4.78, 5) is 36.8. The summed E-state index contributed by atoms with van der Waals surface area (Å²) in [5, 5.41) is 8.85. The van der Waals surface area contributed by atoms with E-state index in [2.05, 4.69) is 0 Å². The molecular weight excluding hydrogens is 337 g/mol. The van der Waals surface area contributed by atoms with E-state index >= 15 is 0 Å². The van der Waals surface area contributed by atoms with Crippen molar-refractivity contribution in [3.63, 3.8) is 0 Å². The summed E-state index contributed by atoms with van der Waals surface area (Å²) < 4.78 is 36.4. The van der Waals surface area contributed by atoms with Crippen molar-refractivity contribution in [2.75, 3.05) is 25.4 Å². The first kappa shape index (κ1) is 19.6. The van der Waals surface area contributed by atoms with E-state index in [-0.39, 0.29) is 30.3 Å². The third-order valence-corrected chi connectivity index (χ3v) is 4.28. The highest BCUT2D eigenvalue weighted by atomic mass is 32.2. The van der Waals surface area contributed by atoms with E-state index in [1.54, 1.807) is 0 Å². The Bertz CT molecular complexity index is 459. The molecule has 6 nitrogen and oxygen atoms in total. The molecule has 10 heteroatoms. The number of amides is 2. The lowest BCUT2D eigenvalue weighted by molar-refractivity contribution is -0.145. The van der Waals surface area contributed by atoms with Gasteiger partial charge in [0.1, 0.15) is 6.54 Å². The van der Waals surface area contributed by atoms with Crippen LogP contribution in [0.5, 0.6) is 0 Å². The van der Waals surface area contributed by atoms with E-state index < -0.39 is 29.7 Å². The number of carbonyl (C=O) groups excluding carboxylic acids is 2. The Kier molecular flexibility index (Phi) is 7.17. The molecule has 1 rings (SSSR count). The summed E-state index contributed by atoms with van der Waals surface area (Å²) in [5.74, 6) is -2.76. The molecule has 1 unspecified atom stereocenters. The number of aliphatic carboxylic acids is 1. The number of carbonyl (C=O) groups is 3. The van der Waals surface area contributed by atoms with Crippen LogP contribution in [-0.4, -0.2) is 69.6 Å². The van der Waals surface area contributed by atoms with Crippen LogP contribution < -0.4 is 0 Å². The number of rotatable bonds is 5. The lowest BCUT2D eigenvalue weighted by Crippen LogP contribution is -2.43. The average Bonchev–Trinajstić information content (AvgIpc) is 2.66. The zero-order valence-electron chi connectivity index (χ0n) is 12.6. The quantitative estimate of drug-likeness (QED) is 0.809. The molecule has 1 fully saturated rings. The number of thioether (sulfide) groups is 1. The number of halogens is 3. The third kappa shape index (κ3) is 7.10. The van der Waals surface area contributed by atoms with Crippen LogP contribution in [0.4, 0.5) is 13.2 Å². The van der Waals surface area contributed by atoms with Crippen LogP contribution in [-0.2, 0) is 14.4 Å². The molecule has 1 aliphatic heterocycles. The molecule has 1 atom stereocenters. The van der Waals surface area contributed by atoms with Gasteiger partial charge in [0.05, 0.1) is 5.75 Å². The van der Waals surface area contributed by atoms with Gasteiger partial charge < -0.3 is 14.9 Å². The predicted octanol–water partition coefficient (Wildman–Crippen LogP) is 1.55. The zero-order chi connectivity index (χ0) is 17.6. The molecule has 0 bridgehead atoms. The zero-order valence-corrected chi connectivity index (χ0v) is 13.5. The number of nitrogens with zero attached hydrogens (tertiary/aromatic N) is 2. The van der Waals surface area contributed by atoms with Gasteiger partial charge in [-0.25, -0.2) is 0 Å². The minimum atomic E-state index is -4.45. The summed E-state index contributed by atoms with van der Waals surface area (Å²) in [5.41, 5.74) is -4.45. The van der Waals surface area contributed by atoms with Crippen molar-refractivity contribution in [2.24, 2.45) is 0 Å². The van der Waals surface area contributed by atoms with Crippen molar-refractivity contribution in [2.45, 2.75) is 37.7 Å². The first-order valence-electron chi connectivity index (χ1n) is 7.07. The molecule has 0 aliphatic carbocycles. The number of likely N-dealkylation sites (tertiary alicyclic amines) is 1. The molecule has 1 saturated heterocycles. The van der Waals surface area contributed by atoms with Crippen LogP contribution in [0.3, 0.4) is 0 Å². The van der Waals surface area contributed by atoms with Crippen molar-refractivity contribution in [3.05, 3.63) is 0 Å². The van der Waals surface area contributed by atoms with Crippen LogP contribution in [0.1, 0.15) is 26.2 Å². The van der Waals surface area contributed by atoms with E-state index in [1.807, 2.05) is 0 Å². The van der Waals surface area contributed by atoms with Gasteiger partial charge in [0, 0.05) is 26.1 Å². The maximum absolute atomic E-state index is 12.1. The van der Waals surface area contributed by atoms with Crippen LogP contribution in [0, 0.1) is 0 Å². The van der Waals surface area contributed by atoms with Gasteiger partial charge in [0.15, 0.2) is 0 Å². The van der Waals surface area contributed by atoms with Gasteiger partial charge in [0.25, 0.3) is 0 Å². The molecular formula is C13H19F3N2O4S. The fourth-order valence-electron chi connectivity index (χ4n) is 2.52. The largest absolute Gasteiger partial charge is 0.480 e. The maximum atomic E-state index is 12.1. The van der Waals surface area contributed by atoms with Crippen LogP contribution in [0.15, 0.2) is 0 Å². The van der Waals surface area contributed by atoms with Crippen molar-refractivity contribution in [3.8, 4) is 0 Å². The molecule has 132 valence electrons. The van der Waals surface area contributed by atoms with E-state index in [0.717, 1.165) is 0 Å². The Labute approximate surface area is 136 Å².